The third-order valence-corrected chi connectivity index (χ3v) is 4.21. The van der Waals surface area contributed by atoms with Gasteiger partial charge in [-0.05, 0) is 47.1 Å². The van der Waals surface area contributed by atoms with Crippen LogP contribution in [-0.2, 0) is 4.74 Å². The van der Waals surface area contributed by atoms with Crippen molar-refractivity contribution in [2.24, 2.45) is 0 Å². The number of hydrogen-bond acceptors (Lipinski definition) is 3. The lowest BCUT2D eigenvalue weighted by Crippen LogP contribution is -2.48. The van der Waals surface area contributed by atoms with Crippen molar-refractivity contribution in [2.75, 3.05) is 39.3 Å². The van der Waals surface area contributed by atoms with Gasteiger partial charge in [0.05, 0.1) is 6.10 Å². The van der Waals surface area contributed by atoms with Crippen LogP contribution in [0.25, 0.3) is 0 Å². The van der Waals surface area contributed by atoms with Gasteiger partial charge >= 0.3 is 0 Å². The summed E-state index contributed by atoms with van der Waals surface area (Å²) in [5.41, 5.74) is 0. The van der Waals surface area contributed by atoms with Crippen LogP contribution in [0.2, 0.25) is 0 Å². The first-order valence-corrected chi connectivity index (χ1v) is 8.67. The molecule has 3 heteroatoms. The van der Waals surface area contributed by atoms with E-state index in [0.29, 0.717) is 12.1 Å². The second-order valence-corrected chi connectivity index (χ2v) is 6.66. The summed E-state index contributed by atoms with van der Waals surface area (Å²) in [5, 5.41) is 0. The van der Waals surface area contributed by atoms with Crippen molar-refractivity contribution in [2.45, 2.75) is 71.9 Å². The fourth-order valence-corrected chi connectivity index (χ4v) is 2.79. The predicted molar refractivity (Wildman–Crippen MR) is 87.3 cm³/mol. The van der Waals surface area contributed by atoms with Crippen LogP contribution in [0.5, 0.6) is 0 Å². The molecule has 0 aromatic rings. The quantitative estimate of drug-likeness (QED) is 0.572. The number of hydrogen-bond donors (Lipinski definition) is 0. The largest absolute Gasteiger partial charge is 0.379 e. The lowest BCUT2D eigenvalue weighted by molar-refractivity contribution is 0.0755. The third-order valence-electron chi connectivity index (χ3n) is 4.21. The van der Waals surface area contributed by atoms with E-state index in [4.69, 9.17) is 4.74 Å². The Morgan fingerprint density at radius 3 is 2.00 bits per heavy atom. The molecule has 0 atom stereocenters. The Kier molecular flexibility index (Phi) is 9.49. The number of unbranched alkanes of at least 4 members (excludes halogenated alkanes) is 4. The third kappa shape index (κ3) is 8.23. The Labute approximate surface area is 126 Å². The Morgan fingerprint density at radius 1 is 0.800 bits per heavy atom. The topological polar surface area (TPSA) is 15.7 Å². The van der Waals surface area contributed by atoms with Crippen LogP contribution in [0, 0.1) is 0 Å². The van der Waals surface area contributed by atoms with Gasteiger partial charge in [-0.3, -0.25) is 4.90 Å². The first kappa shape index (κ1) is 17.9. The van der Waals surface area contributed by atoms with Crippen LogP contribution < -0.4 is 0 Å². The molecule has 1 saturated heterocycles. The molecule has 1 fully saturated rings. The Balaban J connectivity index is 1.88. The van der Waals surface area contributed by atoms with Crippen molar-refractivity contribution in [3.05, 3.63) is 0 Å². The summed E-state index contributed by atoms with van der Waals surface area (Å²) in [6.07, 6.45) is 7.06. The maximum atomic E-state index is 5.56. The number of piperazine rings is 1. The zero-order chi connectivity index (χ0) is 14.8. The van der Waals surface area contributed by atoms with Crippen LogP contribution in [0.15, 0.2) is 0 Å². The molecule has 0 radical (unpaired) electrons. The van der Waals surface area contributed by atoms with Gasteiger partial charge < -0.3 is 9.64 Å². The summed E-state index contributed by atoms with van der Waals surface area (Å²) < 4.78 is 5.56. The highest BCUT2D eigenvalue weighted by molar-refractivity contribution is 4.73. The molecule has 0 aromatic heterocycles. The van der Waals surface area contributed by atoms with Gasteiger partial charge in [0, 0.05) is 38.8 Å². The number of ether oxygens (including phenoxy) is 1. The molecule has 0 aromatic carbocycles. The van der Waals surface area contributed by atoms with E-state index in [1.807, 2.05) is 0 Å². The van der Waals surface area contributed by atoms with Gasteiger partial charge in [0.1, 0.15) is 0 Å². The minimum Gasteiger partial charge on any atom is -0.379 e. The predicted octanol–water partition coefficient (Wildman–Crippen LogP) is 3.39. The molecule has 0 amide bonds. The molecule has 0 aliphatic carbocycles. The van der Waals surface area contributed by atoms with Gasteiger partial charge in [-0.2, -0.15) is 0 Å². The molecule has 0 unspecified atom stereocenters. The van der Waals surface area contributed by atoms with E-state index < -0.39 is 0 Å². The van der Waals surface area contributed by atoms with Crippen molar-refractivity contribution in [3.63, 3.8) is 0 Å². The fraction of sp³-hybridized carbons (Fsp3) is 1.00. The molecular weight excluding hydrogens is 248 g/mol. The molecule has 0 saturated carbocycles. The molecule has 0 N–H and O–H groups in total. The van der Waals surface area contributed by atoms with Crippen molar-refractivity contribution in [3.8, 4) is 0 Å². The van der Waals surface area contributed by atoms with Gasteiger partial charge in [-0.15, -0.1) is 0 Å². The van der Waals surface area contributed by atoms with E-state index in [1.54, 1.807) is 0 Å². The van der Waals surface area contributed by atoms with Crippen LogP contribution in [0.1, 0.15) is 59.8 Å². The SMILES string of the molecule is CC(C)OCCCCCCCN1CCN(C(C)C)CC1. The summed E-state index contributed by atoms with van der Waals surface area (Å²) >= 11 is 0. The lowest BCUT2D eigenvalue weighted by Gasteiger charge is -2.36. The van der Waals surface area contributed by atoms with Gasteiger partial charge in [-0.1, -0.05) is 19.3 Å². The molecule has 1 aliphatic rings. The van der Waals surface area contributed by atoms with E-state index >= 15 is 0 Å². The van der Waals surface area contributed by atoms with Crippen LogP contribution >= 0.6 is 0 Å². The van der Waals surface area contributed by atoms with Crippen LogP contribution in [0.3, 0.4) is 0 Å². The minimum atomic E-state index is 0.388. The minimum absolute atomic E-state index is 0.388. The Morgan fingerprint density at radius 2 is 1.40 bits per heavy atom. The number of rotatable bonds is 10. The fourth-order valence-electron chi connectivity index (χ4n) is 2.79. The normalized spacial score (nSPS) is 18.3. The van der Waals surface area contributed by atoms with E-state index in [9.17, 15) is 0 Å². The smallest absolute Gasteiger partial charge is 0.0518 e. The van der Waals surface area contributed by atoms with Crippen molar-refractivity contribution >= 4 is 0 Å². The summed E-state index contributed by atoms with van der Waals surface area (Å²) in [6, 6.07) is 0.713. The van der Waals surface area contributed by atoms with Crippen LogP contribution in [0.4, 0.5) is 0 Å². The van der Waals surface area contributed by atoms with Crippen molar-refractivity contribution in [1.29, 1.82) is 0 Å². The molecule has 1 heterocycles. The summed E-state index contributed by atoms with van der Waals surface area (Å²) in [5.74, 6) is 0. The zero-order valence-electron chi connectivity index (χ0n) is 14.2. The van der Waals surface area contributed by atoms with Gasteiger partial charge in [-0.25, -0.2) is 0 Å². The summed E-state index contributed by atoms with van der Waals surface area (Å²) in [6.45, 7) is 16.1. The standard InChI is InChI=1S/C17H36N2O/c1-16(2)19-13-11-18(12-14-19)10-8-6-5-7-9-15-20-17(3)4/h16-17H,5-15H2,1-4H3. The van der Waals surface area contributed by atoms with E-state index in [2.05, 4.69) is 37.5 Å². The molecule has 120 valence electrons. The van der Waals surface area contributed by atoms with Crippen LogP contribution in [-0.4, -0.2) is 61.3 Å². The number of nitrogens with zero attached hydrogens (tertiary/aromatic N) is 2. The molecule has 0 bridgehead atoms. The van der Waals surface area contributed by atoms with Crippen molar-refractivity contribution in [1.82, 2.24) is 9.80 Å². The molecule has 0 spiro atoms. The molecule has 1 aliphatic heterocycles. The second kappa shape index (κ2) is 10.6. The monoisotopic (exact) mass is 284 g/mol. The summed E-state index contributed by atoms with van der Waals surface area (Å²) in [7, 11) is 0. The van der Waals surface area contributed by atoms with Gasteiger partial charge in [0.15, 0.2) is 0 Å². The Hall–Kier alpha value is -0.120. The highest BCUT2D eigenvalue weighted by atomic mass is 16.5. The second-order valence-electron chi connectivity index (χ2n) is 6.66. The van der Waals surface area contributed by atoms with E-state index in [0.717, 1.165) is 6.61 Å². The van der Waals surface area contributed by atoms with E-state index in [-0.39, 0.29) is 0 Å². The Bertz CT molecular complexity index is 223. The van der Waals surface area contributed by atoms with Crippen molar-refractivity contribution < 1.29 is 4.74 Å². The van der Waals surface area contributed by atoms with Gasteiger partial charge in [0.25, 0.3) is 0 Å². The maximum Gasteiger partial charge on any atom is 0.0518 e. The zero-order valence-corrected chi connectivity index (χ0v) is 14.2. The van der Waals surface area contributed by atoms with Gasteiger partial charge in [0.2, 0.25) is 0 Å². The first-order valence-electron chi connectivity index (χ1n) is 8.67. The average Bonchev–Trinajstić information content (AvgIpc) is 2.42. The molecule has 3 nitrogen and oxygen atoms in total. The average molecular weight is 284 g/mol. The lowest BCUT2D eigenvalue weighted by atomic mass is 10.1. The highest BCUT2D eigenvalue weighted by Crippen LogP contribution is 2.09. The highest BCUT2D eigenvalue weighted by Gasteiger charge is 2.17. The first-order chi connectivity index (χ1) is 9.59. The molecule has 20 heavy (non-hydrogen) atoms. The van der Waals surface area contributed by atoms with E-state index in [1.165, 1.54) is 64.8 Å². The summed E-state index contributed by atoms with van der Waals surface area (Å²) in [4.78, 5) is 5.23. The maximum absolute atomic E-state index is 5.56. The molecule has 1 rings (SSSR count). The molecular formula is C17H36N2O.